The monoisotopic (exact) mass is 207 g/mol. The Labute approximate surface area is 87.6 Å². The van der Waals surface area contributed by atoms with Crippen LogP contribution in [-0.2, 0) is 4.74 Å². The molecule has 0 spiro atoms. The minimum Gasteiger partial charge on any atom is -0.380 e. The molecule has 5 nitrogen and oxygen atoms in total. The summed E-state index contributed by atoms with van der Waals surface area (Å²) in [6.07, 6.45) is 2.55. The Morgan fingerprint density at radius 1 is 1.67 bits per heavy atom. The molecule has 5 heteroatoms. The number of carbonyl (C=O) groups is 1. The molecule has 1 aliphatic heterocycles. The molecular weight excluding hydrogens is 194 g/mol. The summed E-state index contributed by atoms with van der Waals surface area (Å²) in [5.41, 5.74) is 6.27. The number of carbonyl (C=O) groups excluding carboxylic acids is 1. The molecule has 0 radical (unpaired) electrons. The number of ether oxygens (including phenoxy) is 1. The van der Waals surface area contributed by atoms with E-state index in [9.17, 15) is 4.79 Å². The Bertz CT molecular complexity index is 361. The molecule has 80 valence electrons. The third kappa shape index (κ3) is 2.44. The van der Waals surface area contributed by atoms with Crippen LogP contribution in [0.3, 0.4) is 0 Å². The number of nitrogens with zero attached hydrogens (tertiary/aromatic N) is 1. The lowest BCUT2D eigenvalue weighted by Crippen LogP contribution is -2.20. The lowest BCUT2D eigenvalue weighted by atomic mass is 10.2. The molecule has 1 atom stereocenters. The summed E-state index contributed by atoms with van der Waals surface area (Å²) in [4.78, 5) is 14.8. The van der Waals surface area contributed by atoms with Gasteiger partial charge in [-0.25, -0.2) is 0 Å². The van der Waals surface area contributed by atoms with Crippen LogP contribution in [0.15, 0.2) is 18.3 Å². The van der Waals surface area contributed by atoms with Gasteiger partial charge in [-0.3, -0.25) is 9.78 Å². The van der Waals surface area contributed by atoms with Crippen molar-refractivity contribution in [3.05, 3.63) is 24.0 Å². The fraction of sp³-hybridized carbons (Fsp3) is 0.400. The summed E-state index contributed by atoms with van der Waals surface area (Å²) in [5, 5.41) is 3.26. The molecule has 0 aliphatic carbocycles. The van der Waals surface area contributed by atoms with Crippen molar-refractivity contribution in [1.82, 2.24) is 4.98 Å². The summed E-state index contributed by atoms with van der Waals surface area (Å²) >= 11 is 0. The number of rotatable bonds is 3. The first kappa shape index (κ1) is 9.92. The average molecular weight is 207 g/mol. The van der Waals surface area contributed by atoms with Gasteiger partial charge in [0.25, 0.3) is 5.91 Å². The van der Waals surface area contributed by atoms with Gasteiger partial charge in [0.1, 0.15) is 5.69 Å². The Balaban J connectivity index is 2.07. The quantitative estimate of drug-likeness (QED) is 0.751. The summed E-state index contributed by atoms with van der Waals surface area (Å²) in [5.74, 6) is -0.513. The first-order valence-corrected chi connectivity index (χ1v) is 4.86. The van der Waals surface area contributed by atoms with Crippen molar-refractivity contribution in [2.24, 2.45) is 5.73 Å². The molecule has 1 aromatic heterocycles. The Morgan fingerprint density at radius 2 is 2.53 bits per heavy atom. The fourth-order valence-corrected chi connectivity index (χ4v) is 1.54. The zero-order chi connectivity index (χ0) is 10.7. The predicted molar refractivity (Wildman–Crippen MR) is 55.6 cm³/mol. The second-order valence-electron chi connectivity index (χ2n) is 3.50. The number of primary amides is 1. The van der Waals surface area contributed by atoms with Crippen LogP contribution >= 0.6 is 0 Å². The molecule has 1 aliphatic rings. The van der Waals surface area contributed by atoms with E-state index in [2.05, 4.69) is 10.3 Å². The minimum absolute atomic E-state index is 0.277. The van der Waals surface area contributed by atoms with E-state index in [1.165, 1.54) is 0 Å². The SMILES string of the molecule is NC(=O)c1cc(NC2CCOC2)ccn1. The second-order valence-corrected chi connectivity index (χ2v) is 3.50. The molecule has 1 amide bonds. The first-order chi connectivity index (χ1) is 7.25. The highest BCUT2D eigenvalue weighted by Crippen LogP contribution is 2.13. The summed E-state index contributed by atoms with van der Waals surface area (Å²) < 4.78 is 5.24. The van der Waals surface area contributed by atoms with E-state index in [1.807, 2.05) is 6.07 Å². The maximum absolute atomic E-state index is 10.9. The van der Waals surface area contributed by atoms with Gasteiger partial charge in [-0.2, -0.15) is 0 Å². The minimum atomic E-state index is -0.513. The third-order valence-electron chi connectivity index (χ3n) is 2.31. The van der Waals surface area contributed by atoms with Crippen LogP contribution in [0.4, 0.5) is 5.69 Å². The van der Waals surface area contributed by atoms with E-state index in [-0.39, 0.29) is 5.69 Å². The molecule has 1 unspecified atom stereocenters. The van der Waals surface area contributed by atoms with Crippen molar-refractivity contribution in [2.75, 3.05) is 18.5 Å². The van der Waals surface area contributed by atoms with Crippen molar-refractivity contribution in [3.63, 3.8) is 0 Å². The normalized spacial score (nSPS) is 20.1. The maximum Gasteiger partial charge on any atom is 0.267 e. The van der Waals surface area contributed by atoms with Crippen molar-refractivity contribution in [3.8, 4) is 0 Å². The topological polar surface area (TPSA) is 77.2 Å². The lowest BCUT2D eigenvalue weighted by Gasteiger charge is -2.11. The standard InChI is InChI=1S/C10H13N3O2/c11-10(14)9-5-7(1-3-12-9)13-8-2-4-15-6-8/h1,3,5,8H,2,4,6H2,(H2,11,14)(H,12,13). The van der Waals surface area contributed by atoms with Crippen LogP contribution in [0, 0.1) is 0 Å². The number of hydrogen-bond donors (Lipinski definition) is 2. The number of nitrogens with one attached hydrogen (secondary N) is 1. The average Bonchev–Trinajstić information content (AvgIpc) is 2.71. The fourth-order valence-electron chi connectivity index (χ4n) is 1.54. The highest BCUT2D eigenvalue weighted by atomic mass is 16.5. The molecule has 1 fully saturated rings. The van der Waals surface area contributed by atoms with Gasteiger partial charge in [0.2, 0.25) is 0 Å². The van der Waals surface area contributed by atoms with Gasteiger partial charge >= 0.3 is 0 Å². The highest BCUT2D eigenvalue weighted by Gasteiger charge is 2.15. The van der Waals surface area contributed by atoms with E-state index in [4.69, 9.17) is 10.5 Å². The zero-order valence-corrected chi connectivity index (χ0v) is 8.27. The van der Waals surface area contributed by atoms with E-state index >= 15 is 0 Å². The molecule has 1 aromatic rings. The van der Waals surface area contributed by atoms with Crippen molar-refractivity contribution in [2.45, 2.75) is 12.5 Å². The largest absolute Gasteiger partial charge is 0.380 e. The Hall–Kier alpha value is -1.62. The number of aromatic nitrogens is 1. The number of anilines is 1. The van der Waals surface area contributed by atoms with E-state index in [1.54, 1.807) is 12.3 Å². The molecule has 2 heterocycles. The molecule has 1 saturated heterocycles. The third-order valence-corrected chi connectivity index (χ3v) is 2.31. The van der Waals surface area contributed by atoms with Crippen molar-refractivity contribution < 1.29 is 9.53 Å². The predicted octanol–water partition coefficient (Wildman–Crippen LogP) is 0.381. The molecule has 3 N–H and O–H groups in total. The molecular formula is C10H13N3O2. The van der Waals surface area contributed by atoms with Gasteiger partial charge in [-0.1, -0.05) is 0 Å². The van der Waals surface area contributed by atoms with Crippen LogP contribution in [0.2, 0.25) is 0 Å². The van der Waals surface area contributed by atoms with Crippen LogP contribution in [0.5, 0.6) is 0 Å². The van der Waals surface area contributed by atoms with Crippen LogP contribution in [0.1, 0.15) is 16.9 Å². The molecule has 0 bridgehead atoms. The van der Waals surface area contributed by atoms with Gasteiger partial charge in [0.05, 0.1) is 12.6 Å². The number of amides is 1. The first-order valence-electron chi connectivity index (χ1n) is 4.86. The number of nitrogens with two attached hydrogens (primary N) is 1. The van der Waals surface area contributed by atoms with Gasteiger partial charge in [0, 0.05) is 18.5 Å². The van der Waals surface area contributed by atoms with Gasteiger partial charge in [-0.05, 0) is 18.6 Å². The van der Waals surface area contributed by atoms with Crippen molar-refractivity contribution in [1.29, 1.82) is 0 Å². The molecule has 15 heavy (non-hydrogen) atoms. The van der Waals surface area contributed by atoms with Crippen LogP contribution in [0.25, 0.3) is 0 Å². The lowest BCUT2D eigenvalue weighted by molar-refractivity contribution is 0.0995. The van der Waals surface area contributed by atoms with Gasteiger partial charge in [0.15, 0.2) is 0 Å². The van der Waals surface area contributed by atoms with Crippen LogP contribution in [-0.4, -0.2) is 30.1 Å². The zero-order valence-electron chi connectivity index (χ0n) is 8.27. The van der Waals surface area contributed by atoms with E-state index in [0.29, 0.717) is 12.6 Å². The van der Waals surface area contributed by atoms with Gasteiger partial charge < -0.3 is 15.8 Å². The maximum atomic E-state index is 10.9. The van der Waals surface area contributed by atoms with Gasteiger partial charge in [-0.15, -0.1) is 0 Å². The van der Waals surface area contributed by atoms with Crippen molar-refractivity contribution >= 4 is 11.6 Å². The van der Waals surface area contributed by atoms with Crippen LogP contribution < -0.4 is 11.1 Å². The molecule has 0 saturated carbocycles. The number of pyridine rings is 1. The summed E-state index contributed by atoms with van der Waals surface area (Å²) in [6.45, 7) is 1.49. The Kier molecular flexibility index (Phi) is 2.82. The Morgan fingerprint density at radius 3 is 3.20 bits per heavy atom. The number of hydrogen-bond acceptors (Lipinski definition) is 4. The molecule has 0 aromatic carbocycles. The summed E-state index contributed by atoms with van der Waals surface area (Å²) in [6, 6.07) is 3.78. The highest BCUT2D eigenvalue weighted by molar-refractivity contribution is 5.91. The second kappa shape index (κ2) is 4.27. The van der Waals surface area contributed by atoms with E-state index < -0.39 is 5.91 Å². The molecule has 2 rings (SSSR count). The van der Waals surface area contributed by atoms with E-state index in [0.717, 1.165) is 18.7 Å². The summed E-state index contributed by atoms with van der Waals surface area (Å²) in [7, 11) is 0. The smallest absolute Gasteiger partial charge is 0.267 e.